The maximum absolute atomic E-state index is 12.9. The fraction of sp³-hybridized carbons (Fsp3) is 0.629. The summed E-state index contributed by atoms with van der Waals surface area (Å²) >= 11 is 0. The zero-order valence-corrected chi connectivity index (χ0v) is 45.6. The van der Waals surface area contributed by atoms with Gasteiger partial charge in [-0.2, -0.15) is 0 Å². The minimum absolute atomic E-state index is 0.174. The molecule has 0 aliphatic carbocycles. The lowest BCUT2D eigenvalue weighted by atomic mass is 10.1. The van der Waals surface area contributed by atoms with E-state index in [1.54, 1.807) is 0 Å². The average molecular weight is 989 g/mol. The first kappa shape index (κ1) is 66.7. The van der Waals surface area contributed by atoms with Gasteiger partial charge in [0.25, 0.3) is 6.29 Å². The van der Waals surface area contributed by atoms with E-state index in [1.165, 1.54) is 38.5 Å². The van der Waals surface area contributed by atoms with Gasteiger partial charge < -0.3 is 28.5 Å². The number of carboxylic acid groups (broad SMARTS) is 1. The Balaban J connectivity index is 4.40. The lowest BCUT2D eigenvalue weighted by molar-refractivity contribution is -0.870. The second kappa shape index (κ2) is 52.0. The van der Waals surface area contributed by atoms with Gasteiger partial charge in [-0.25, -0.2) is 4.79 Å². The molecule has 2 atom stereocenters. The van der Waals surface area contributed by atoms with Crippen molar-refractivity contribution in [1.82, 2.24) is 0 Å². The molecule has 0 amide bonds. The molecule has 0 saturated heterocycles. The van der Waals surface area contributed by atoms with Gasteiger partial charge in [0.15, 0.2) is 6.10 Å². The Morgan fingerprint density at radius 3 is 1.20 bits per heavy atom. The Labute approximate surface area is 434 Å². The van der Waals surface area contributed by atoms with E-state index in [9.17, 15) is 19.5 Å². The zero-order valence-electron chi connectivity index (χ0n) is 45.6. The monoisotopic (exact) mass is 989 g/mol. The summed E-state index contributed by atoms with van der Waals surface area (Å²) in [5.41, 5.74) is 0. The molecule has 0 rings (SSSR count). The number of likely N-dealkylation sites (N-methyl/N-ethyl adjacent to an activating group) is 1. The van der Waals surface area contributed by atoms with Gasteiger partial charge in [-0.05, 0) is 109 Å². The van der Waals surface area contributed by atoms with Crippen molar-refractivity contribution in [3.63, 3.8) is 0 Å². The van der Waals surface area contributed by atoms with Crippen LogP contribution in [0.15, 0.2) is 122 Å². The number of esters is 2. The molecule has 0 aliphatic heterocycles. The van der Waals surface area contributed by atoms with Gasteiger partial charge in [0.05, 0.1) is 34.4 Å². The first-order valence-corrected chi connectivity index (χ1v) is 27.7. The molecule has 9 nitrogen and oxygen atoms in total. The highest BCUT2D eigenvalue weighted by atomic mass is 16.7. The maximum atomic E-state index is 12.9. The molecule has 71 heavy (non-hydrogen) atoms. The van der Waals surface area contributed by atoms with E-state index in [2.05, 4.69) is 135 Å². The maximum Gasteiger partial charge on any atom is 0.361 e. The molecule has 0 radical (unpaired) electrons. The van der Waals surface area contributed by atoms with Gasteiger partial charge in [-0.1, -0.05) is 193 Å². The molecule has 0 aromatic heterocycles. The number of carbonyl (C=O) groups excluding carboxylic acids is 2. The number of nitrogens with zero attached hydrogens (tertiary/aromatic N) is 1. The highest BCUT2D eigenvalue weighted by molar-refractivity contribution is 5.71. The Morgan fingerprint density at radius 1 is 0.437 bits per heavy atom. The summed E-state index contributed by atoms with van der Waals surface area (Å²) in [5, 5.41) is 9.69. The Hall–Kier alpha value is -4.31. The number of carboxylic acids is 1. The number of unbranched alkanes of at least 4 members (excludes halogenated alkanes) is 14. The summed E-state index contributed by atoms with van der Waals surface area (Å²) in [7, 11) is 5.94. The molecular weight excluding hydrogens is 887 g/mol. The fourth-order valence-electron chi connectivity index (χ4n) is 6.94. The molecule has 0 aromatic rings. The van der Waals surface area contributed by atoms with Crippen LogP contribution in [-0.2, 0) is 33.3 Å². The smallest absolute Gasteiger partial charge is 0.361 e. The first-order chi connectivity index (χ1) is 34.6. The largest absolute Gasteiger partial charge is 0.477 e. The molecule has 9 heteroatoms. The molecule has 0 heterocycles. The molecule has 0 aliphatic rings. The summed E-state index contributed by atoms with van der Waals surface area (Å²) in [6.45, 7) is 4.67. The number of hydrogen-bond donors (Lipinski definition) is 1. The molecular formula is C62H102NO8+. The quantitative estimate of drug-likeness (QED) is 0.0211. The molecule has 2 unspecified atom stereocenters. The van der Waals surface area contributed by atoms with Crippen LogP contribution in [0.5, 0.6) is 0 Å². The van der Waals surface area contributed by atoms with Crippen molar-refractivity contribution < 1.29 is 42.9 Å². The second-order valence-electron chi connectivity index (χ2n) is 19.2. The van der Waals surface area contributed by atoms with Crippen LogP contribution in [0.25, 0.3) is 0 Å². The van der Waals surface area contributed by atoms with Crippen LogP contribution in [0.4, 0.5) is 0 Å². The van der Waals surface area contributed by atoms with Crippen molar-refractivity contribution >= 4 is 17.9 Å². The van der Waals surface area contributed by atoms with E-state index < -0.39 is 24.3 Å². The predicted molar refractivity (Wildman–Crippen MR) is 299 cm³/mol. The lowest BCUT2D eigenvalue weighted by Gasteiger charge is -2.25. The lowest BCUT2D eigenvalue weighted by Crippen LogP contribution is -2.40. The van der Waals surface area contributed by atoms with Crippen LogP contribution < -0.4 is 0 Å². The third-order valence-corrected chi connectivity index (χ3v) is 11.2. The minimum atomic E-state index is -1.53. The van der Waals surface area contributed by atoms with Gasteiger partial charge in [-0.3, -0.25) is 9.59 Å². The second-order valence-corrected chi connectivity index (χ2v) is 19.2. The number of aliphatic carboxylic acids is 1. The zero-order chi connectivity index (χ0) is 52.0. The number of ether oxygens (including phenoxy) is 4. The molecule has 0 spiro atoms. The van der Waals surface area contributed by atoms with Crippen LogP contribution >= 0.6 is 0 Å². The Bertz CT molecular complexity index is 1570. The van der Waals surface area contributed by atoms with Gasteiger partial charge in [0.2, 0.25) is 0 Å². The van der Waals surface area contributed by atoms with E-state index in [0.29, 0.717) is 17.4 Å². The Kier molecular flexibility index (Phi) is 48.9. The Morgan fingerprint density at radius 2 is 0.803 bits per heavy atom. The summed E-state index contributed by atoms with van der Waals surface area (Å²) in [4.78, 5) is 37.4. The number of carbonyl (C=O) groups is 3. The number of allylic oxidation sites excluding steroid dienone is 20. The first-order valence-electron chi connectivity index (χ1n) is 27.7. The van der Waals surface area contributed by atoms with Crippen molar-refractivity contribution in [2.45, 2.75) is 206 Å². The average Bonchev–Trinajstić information content (AvgIpc) is 3.34. The van der Waals surface area contributed by atoms with Crippen molar-refractivity contribution in [3.05, 3.63) is 122 Å². The van der Waals surface area contributed by atoms with Crippen LogP contribution in [0, 0.1) is 0 Å². The summed E-state index contributed by atoms with van der Waals surface area (Å²) < 4.78 is 22.8. The predicted octanol–water partition coefficient (Wildman–Crippen LogP) is 16.1. The molecule has 0 aromatic carbocycles. The van der Waals surface area contributed by atoms with Crippen molar-refractivity contribution in [2.75, 3.05) is 47.5 Å². The van der Waals surface area contributed by atoms with Gasteiger partial charge in [0, 0.05) is 12.8 Å². The van der Waals surface area contributed by atoms with Crippen molar-refractivity contribution in [2.24, 2.45) is 0 Å². The molecule has 402 valence electrons. The third-order valence-electron chi connectivity index (χ3n) is 11.2. The number of rotatable bonds is 49. The van der Waals surface area contributed by atoms with E-state index in [-0.39, 0.29) is 38.6 Å². The fourth-order valence-corrected chi connectivity index (χ4v) is 6.94. The number of hydrogen-bond acceptors (Lipinski definition) is 7. The van der Waals surface area contributed by atoms with E-state index in [1.807, 2.05) is 21.1 Å². The van der Waals surface area contributed by atoms with Crippen molar-refractivity contribution in [3.8, 4) is 0 Å². The van der Waals surface area contributed by atoms with Crippen LogP contribution in [0.1, 0.15) is 194 Å². The topological polar surface area (TPSA) is 108 Å². The summed E-state index contributed by atoms with van der Waals surface area (Å²) in [6.07, 6.45) is 69.7. The van der Waals surface area contributed by atoms with Crippen molar-refractivity contribution in [1.29, 1.82) is 0 Å². The standard InChI is InChI=1S/C62H101NO8/c1-6-8-10-12-14-16-18-20-22-24-26-27-28-29-30-31-32-33-35-37-39-41-43-45-47-49-51-53-60(65)71-58(57-70-62(61(66)67)68-55-54-63(3,4)5)56-69-59(64)52-50-48-46-44-42-40-38-36-34-25-23-21-19-17-15-13-11-9-7-2/h8,10,14-17,20-23,26-27,29-30,32-34,36-37,39,58,62H,6-7,9,11-13,18-19,24-25,28,31,35,38,40-57H2,1-5H3/p+1/b10-8-,16-14-,17-15-,22-20-,23-21-,27-26-,30-29-,33-32-,36-34-,39-37-. The van der Waals surface area contributed by atoms with Crippen LogP contribution in [0.3, 0.4) is 0 Å². The minimum Gasteiger partial charge on any atom is -0.477 e. The normalized spacial score (nSPS) is 13.8. The van der Waals surface area contributed by atoms with Crippen LogP contribution in [-0.4, -0.2) is 87.4 Å². The highest BCUT2D eigenvalue weighted by Crippen LogP contribution is 2.13. The van der Waals surface area contributed by atoms with E-state index in [4.69, 9.17) is 18.9 Å². The molecule has 0 bridgehead atoms. The van der Waals surface area contributed by atoms with E-state index >= 15 is 0 Å². The van der Waals surface area contributed by atoms with Gasteiger partial charge in [0.1, 0.15) is 13.2 Å². The highest BCUT2D eigenvalue weighted by Gasteiger charge is 2.25. The molecule has 1 N–H and O–H groups in total. The van der Waals surface area contributed by atoms with E-state index in [0.717, 1.165) is 122 Å². The number of quaternary nitrogens is 1. The summed E-state index contributed by atoms with van der Waals surface area (Å²) in [6, 6.07) is 0. The molecule has 0 fully saturated rings. The third kappa shape index (κ3) is 53.3. The van der Waals surface area contributed by atoms with Gasteiger partial charge >= 0.3 is 17.9 Å². The molecule has 0 saturated carbocycles. The van der Waals surface area contributed by atoms with Crippen LogP contribution in [0.2, 0.25) is 0 Å². The SMILES string of the molecule is CC/C=C\C/C=C\C/C=C\C/C=C\C/C=C\C/C=C\C/C=C\CCCCCCCC(=O)OC(COC(=O)CCCCCCCC/C=C\C/C=C\C/C=C\CCCCC)COC(OCC[N+](C)(C)C)C(=O)O. The summed E-state index contributed by atoms with van der Waals surface area (Å²) in [5.74, 6) is -2.07. The van der Waals surface area contributed by atoms with Gasteiger partial charge in [-0.15, -0.1) is 0 Å².